The van der Waals surface area contributed by atoms with Crippen molar-refractivity contribution in [3.63, 3.8) is 0 Å². The molecule has 0 radical (unpaired) electrons. The Morgan fingerprint density at radius 1 is 1.36 bits per heavy atom. The smallest absolute Gasteiger partial charge is 0.441 e. The fraction of sp³-hybridized carbons (Fsp3) is 0.667. The van der Waals surface area contributed by atoms with E-state index in [0.717, 1.165) is 20.0 Å². The first kappa shape index (κ1) is 18.5. The van der Waals surface area contributed by atoms with Crippen molar-refractivity contribution in [3.8, 4) is 0 Å². The second kappa shape index (κ2) is 7.13. The maximum absolute atomic E-state index is 12.6. The molecule has 0 unspecified atom stereocenters. The van der Waals surface area contributed by atoms with Crippen LogP contribution in [0.25, 0.3) is 5.53 Å². The zero-order chi connectivity index (χ0) is 17.0. The summed E-state index contributed by atoms with van der Waals surface area (Å²) in [6, 6.07) is 0. The standard InChI is InChI=1S/C15H24N2O4Si/c1-11(13(18)12(17-16)14(19)20-2)15(21-22(3,4)5)9-7-6-8-10-15/h7,9,11H,6,8,10H2,1-5H3/t11-,15-/m0/s1. The molecule has 0 aromatic rings. The lowest BCUT2D eigenvalue weighted by Gasteiger charge is -2.42. The Kier molecular flexibility index (Phi) is 5.99. The number of allylic oxidation sites excluding steroid dienone is 1. The van der Waals surface area contributed by atoms with E-state index in [9.17, 15) is 9.59 Å². The topological polar surface area (TPSA) is 89.0 Å². The van der Waals surface area contributed by atoms with E-state index in [4.69, 9.17) is 9.96 Å². The number of Topliss-reactive ketones (excluding diaryl/α,β-unsaturated/α-hetero) is 1. The van der Waals surface area contributed by atoms with Gasteiger partial charge in [-0.15, -0.1) is 0 Å². The summed E-state index contributed by atoms with van der Waals surface area (Å²) in [5, 5.41) is 0. The van der Waals surface area contributed by atoms with Crippen LogP contribution in [-0.4, -0.2) is 43.3 Å². The van der Waals surface area contributed by atoms with Crippen LogP contribution in [0.4, 0.5) is 0 Å². The largest absolute Gasteiger partial charge is 0.460 e. The van der Waals surface area contributed by atoms with Crippen molar-refractivity contribution in [2.45, 2.75) is 51.4 Å². The van der Waals surface area contributed by atoms with Gasteiger partial charge >= 0.3 is 11.7 Å². The molecular formula is C15H24N2O4Si. The lowest BCUT2D eigenvalue weighted by atomic mass is 9.78. The number of methoxy groups -OCH3 is 1. The third kappa shape index (κ3) is 4.22. The van der Waals surface area contributed by atoms with Gasteiger partial charge in [-0.05, 0) is 38.9 Å². The molecule has 6 nitrogen and oxygen atoms in total. The first-order valence-electron chi connectivity index (χ1n) is 7.39. The number of ketones is 1. The van der Waals surface area contributed by atoms with Crippen molar-refractivity contribution in [1.29, 1.82) is 0 Å². The van der Waals surface area contributed by atoms with Crippen LogP contribution in [0.2, 0.25) is 19.6 Å². The summed E-state index contributed by atoms with van der Waals surface area (Å²) in [4.78, 5) is 27.0. The predicted molar refractivity (Wildman–Crippen MR) is 85.0 cm³/mol. The van der Waals surface area contributed by atoms with Gasteiger partial charge in [0, 0.05) is 0 Å². The van der Waals surface area contributed by atoms with Crippen LogP contribution < -0.4 is 0 Å². The van der Waals surface area contributed by atoms with Gasteiger partial charge in [0.25, 0.3) is 5.78 Å². The second-order valence-corrected chi connectivity index (χ2v) is 10.9. The Morgan fingerprint density at radius 3 is 2.41 bits per heavy atom. The summed E-state index contributed by atoms with van der Waals surface area (Å²) in [7, 11) is -0.789. The van der Waals surface area contributed by atoms with E-state index in [1.54, 1.807) is 6.92 Å². The van der Waals surface area contributed by atoms with Crippen molar-refractivity contribution in [1.82, 2.24) is 0 Å². The fourth-order valence-electron chi connectivity index (χ4n) is 2.68. The summed E-state index contributed by atoms with van der Waals surface area (Å²) >= 11 is 0. The first-order chi connectivity index (χ1) is 10.2. The van der Waals surface area contributed by atoms with Gasteiger partial charge in [-0.3, -0.25) is 4.79 Å². The van der Waals surface area contributed by atoms with E-state index in [0.29, 0.717) is 6.42 Å². The molecule has 1 aliphatic rings. The highest BCUT2D eigenvalue weighted by Gasteiger charge is 2.47. The lowest BCUT2D eigenvalue weighted by molar-refractivity contribution is -0.141. The Labute approximate surface area is 132 Å². The molecule has 122 valence electrons. The molecular weight excluding hydrogens is 300 g/mol. The quantitative estimate of drug-likeness (QED) is 0.143. The maximum atomic E-state index is 12.6. The van der Waals surface area contributed by atoms with Crippen LogP contribution >= 0.6 is 0 Å². The maximum Gasteiger partial charge on any atom is 0.441 e. The van der Waals surface area contributed by atoms with Gasteiger partial charge in [0.1, 0.15) is 0 Å². The van der Waals surface area contributed by atoms with Gasteiger partial charge in [0.05, 0.1) is 18.6 Å². The van der Waals surface area contributed by atoms with Crippen molar-refractivity contribution in [3.05, 3.63) is 17.7 Å². The van der Waals surface area contributed by atoms with E-state index >= 15 is 0 Å². The van der Waals surface area contributed by atoms with Crippen LogP contribution in [0.5, 0.6) is 0 Å². The summed E-state index contributed by atoms with van der Waals surface area (Å²) in [5.41, 5.74) is 7.63. The molecule has 0 aromatic heterocycles. The number of ether oxygens (including phenoxy) is 1. The Bertz CT molecular complexity index is 532. The molecule has 0 bridgehead atoms. The SMILES string of the molecule is COC(=O)C(=[N+]=[N-])C(=O)[C@H](C)[C@]1(O[Si](C)(C)C)C=CCCC1. The van der Waals surface area contributed by atoms with Crippen molar-refractivity contribution in [2.24, 2.45) is 5.92 Å². The number of esters is 1. The molecule has 0 N–H and O–H groups in total. The first-order valence-corrected chi connectivity index (χ1v) is 10.8. The van der Waals surface area contributed by atoms with Gasteiger partial charge in [-0.25, -0.2) is 4.79 Å². The summed E-state index contributed by atoms with van der Waals surface area (Å²) in [5.74, 6) is -2.15. The second-order valence-electron chi connectivity index (χ2n) is 6.49. The molecule has 0 spiro atoms. The van der Waals surface area contributed by atoms with Gasteiger partial charge in [-0.1, -0.05) is 19.1 Å². The van der Waals surface area contributed by atoms with Crippen LogP contribution in [0.15, 0.2) is 12.2 Å². The number of nitrogens with zero attached hydrogens (tertiary/aromatic N) is 2. The average Bonchev–Trinajstić information content (AvgIpc) is 2.45. The van der Waals surface area contributed by atoms with Gasteiger partial charge < -0.3 is 14.7 Å². The van der Waals surface area contributed by atoms with Crippen LogP contribution in [-0.2, 0) is 18.8 Å². The molecule has 1 aliphatic carbocycles. The molecule has 0 saturated carbocycles. The molecule has 0 heterocycles. The molecule has 1 rings (SSSR count). The van der Waals surface area contributed by atoms with Crippen molar-refractivity contribution < 1.29 is 23.5 Å². The van der Waals surface area contributed by atoms with Gasteiger partial charge in [0.15, 0.2) is 8.32 Å². The predicted octanol–water partition coefficient (Wildman–Crippen LogP) is 2.37. The molecule has 0 aliphatic heterocycles. The zero-order valence-electron chi connectivity index (χ0n) is 13.9. The molecule has 7 heteroatoms. The van der Waals surface area contributed by atoms with E-state index in [1.807, 2.05) is 12.2 Å². The zero-order valence-corrected chi connectivity index (χ0v) is 14.9. The number of rotatable bonds is 6. The molecule has 0 amide bonds. The summed E-state index contributed by atoms with van der Waals surface area (Å²) in [6.07, 6.45) is 6.46. The number of hydrogen-bond acceptors (Lipinski definition) is 4. The Hall–Kier alpha value is -1.56. The third-order valence-corrected chi connectivity index (χ3v) is 4.67. The Morgan fingerprint density at radius 2 is 2.00 bits per heavy atom. The van der Waals surface area contributed by atoms with Crippen LogP contribution in [0.3, 0.4) is 0 Å². The minimum Gasteiger partial charge on any atom is -0.460 e. The third-order valence-electron chi connectivity index (χ3n) is 3.67. The van der Waals surface area contributed by atoms with Crippen LogP contribution in [0, 0.1) is 5.92 Å². The monoisotopic (exact) mass is 324 g/mol. The normalized spacial score (nSPS) is 22.6. The molecule has 2 atom stereocenters. The minimum atomic E-state index is -1.93. The molecule has 0 aromatic carbocycles. The minimum absolute atomic E-state index is 0.570. The van der Waals surface area contributed by atoms with Crippen LogP contribution in [0.1, 0.15) is 26.2 Å². The van der Waals surface area contributed by atoms with Gasteiger partial charge in [-0.2, -0.15) is 4.79 Å². The highest BCUT2D eigenvalue weighted by atomic mass is 28.4. The highest BCUT2D eigenvalue weighted by Crippen LogP contribution is 2.36. The fourth-order valence-corrected chi connectivity index (χ4v) is 4.17. The Balaban J connectivity index is 3.17. The van der Waals surface area contributed by atoms with E-state index in [-0.39, 0.29) is 0 Å². The van der Waals surface area contributed by atoms with Gasteiger partial charge in [0.2, 0.25) is 0 Å². The average molecular weight is 324 g/mol. The van der Waals surface area contributed by atoms with Crippen molar-refractivity contribution in [2.75, 3.05) is 7.11 Å². The number of carbonyl (C=O) groups is 2. The van der Waals surface area contributed by atoms with E-state index in [2.05, 4.69) is 29.2 Å². The molecule has 22 heavy (non-hydrogen) atoms. The van der Waals surface area contributed by atoms with E-state index in [1.165, 1.54) is 0 Å². The lowest BCUT2D eigenvalue weighted by Crippen LogP contribution is -2.51. The summed E-state index contributed by atoms with van der Waals surface area (Å²) in [6.45, 7) is 7.85. The van der Waals surface area contributed by atoms with Crippen molar-refractivity contribution >= 4 is 25.8 Å². The molecule has 0 fully saturated rings. The van der Waals surface area contributed by atoms with E-state index < -0.39 is 37.3 Å². The molecule has 0 saturated heterocycles. The number of hydrogen-bond donors (Lipinski definition) is 0. The highest BCUT2D eigenvalue weighted by molar-refractivity contribution is 6.70. The summed E-state index contributed by atoms with van der Waals surface area (Å²) < 4.78 is 10.8. The number of carbonyl (C=O) groups excluding carboxylic acids is 2.